The summed E-state index contributed by atoms with van der Waals surface area (Å²) in [6.45, 7) is 1.75. The molecule has 0 spiro atoms. The number of para-hydroxylation sites is 1. The molecule has 1 amide bonds. The molecule has 0 aliphatic carbocycles. The molecule has 146 valence electrons. The number of halogens is 1. The fourth-order valence-corrected chi connectivity index (χ4v) is 2.93. The molecule has 8 nitrogen and oxygen atoms in total. The van der Waals surface area contributed by atoms with E-state index in [1.165, 1.54) is 4.40 Å². The monoisotopic (exact) mass is 408 g/mol. The van der Waals surface area contributed by atoms with Gasteiger partial charge in [0.25, 0.3) is 5.78 Å². The van der Waals surface area contributed by atoms with Crippen LogP contribution in [0.3, 0.4) is 0 Å². The van der Waals surface area contributed by atoms with Crippen molar-refractivity contribution >= 4 is 40.5 Å². The van der Waals surface area contributed by atoms with Gasteiger partial charge < -0.3 is 10.6 Å². The molecule has 2 aromatic carbocycles. The average molecular weight is 409 g/mol. The van der Waals surface area contributed by atoms with Gasteiger partial charge in [-0.15, -0.1) is 5.10 Å². The Balaban J connectivity index is 1.54. The van der Waals surface area contributed by atoms with Crippen LogP contribution in [0.2, 0.25) is 5.02 Å². The van der Waals surface area contributed by atoms with Gasteiger partial charge in [-0.1, -0.05) is 41.4 Å². The number of carbonyl (C=O) groups is 1. The highest BCUT2D eigenvalue weighted by Crippen LogP contribution is 2.20. The van der Waals surface area contributed by atoms with Crippen molar-refractivity contribution in [2.24, 2.45) is 0 Å². The van der Waals surface area contributed by atoms with Gasteiger partial charge in [-0.3, -0.25) is 4.79 Å². The summed E-state index contributed by atoms with van der Waals surface area (Å²) in [6, 6.07) is 16.4. The van der Waals surface area contributed by atoms with Gasteiger partial charge in [0.15, 0.2) is 0 Å². The van der Waals surface area contributed by atoms with E-state index in [0.717, 1.165) is 15.9 Å². The maximum atomic E-state index is 12.5. The van der Waals surface area contributed by atoms with E-state index in [4.69, 9.17) is 11.6 Å². The summed E-state index contributed by atoms with van der Waals surface area (Å²) in [7, 11) is 0. The van der Waals surface area contributed by atoms with Crippen molar-refractivity contribution in [1.29, 1.82) is 0 Å². The summed E-state index contributed by atoms with van der Waals surface area (Å²) in [4.78, 5) is 29.1. The van der Waals surface area contributed by atoms with Crippen LogP contribution in [-0.4, -0.2) is 25.1 Å². The van der Waals surface area contributed by atoms with Crippen LogP contribution in [0.5, 0.6) is 0 Å². The van der Waals surface area contributed by atoms with E-state index in [0.29, 0.717) is 16.5 Å². The summed E-state index contributed by atoms with van der Waals surface area (Å²) >= 11 is 6.04. The number of nitrogens with zero attached hydrogens (tertiary/aromatic N) is 4. The van der Waals surface area contributed by atoms with Crippen molar-refractivity contribution in [3.8, 4) is 0 Å². The maximum absolute atomic E-state index is 12.5. The topological polar surface area (TPSA) is 93.3 Å². The fraction of sp³-hybridized carbons (Fsp3) is 0.100. The van der Waals surface area contributed by atoms with Crippen molar-refractivity contribution < 1.29 is 4.79 Å². The first kappa shape index (κ1) is 18.7. The van der Waals surface area contributed by atoms with Gasteiger partial charge in [0.2, 0.25) is 5.91 Å². The van der Waals surface area contributed by atoms with Gasteiger partial charge in [-0.05, 0) is 37.3 Å². The van der Waals surface area contributed by atoms with Crippen molar-refractivity contribution in [1.82, 2.24) is 19.2 Å². The van der Waals surface area contributed by atoms with Crippen LogP contribution in [0.1, 0.15) is 5.56 Å². The van der Waals surface area contributed by atoms with Gasteiger partial charge >= 0.3 is 5.69 Å². The summed E-state index contributed by atoms with van der Waals surface area (Å²) in [5.41, 5.74) is 2.04. The fourth-order valence-electron chi connectivity index (χ4n) is 2.75. The molecule has 0 fully saturated rings. The van der Waals surface area contributed by atoms with Gasteiger partial charge in [-0.2, -0.15) is 4.98 Å². The summed E-state index contributed by atoms with van der Waals surface area (Å²) in [6.07, 6.45) is 1.57. The van der Waals surface area contributed by atoms with Crippen LogP contribution in [0, 0.1) is 6.92 Å². The molecule has 4 rings (SSSR count). The van der Waals surface area contributed by atoms with E-state index in [-0.39, 0.29) is 12.3 Å². The van der Waals surface area contributed by atoms with Crippen LogP contribution < -0.4 is 16.3 Å². The van der Waals surface area contributed by atoms with Crippen LogP contribution in [-0.2, 0) is 11.3 Å². The number of fused-ring (bicyclic) bond motifs is 1. The zero-order chi connectivity index (χ0) is 20.4. The maximum Gasteiger partial charge on any atom is 0.352 e. The Labute approximate surface area is 170 Å². The first-order valence-corrected chi connectivity index (χ1v) is 9.22. The lowest BCUT2D eigenvalue weighted by molar-refractivity contribution is -0.117. The second-order valence-corrected chi connectivity index (χ2v) is 6.85. The zero-order valence-corrected chi connectivity index (χ0v) is 16.2. The molecule has 0 aliphatic rings. The number of aromatic nitrogens is 4. The quantitative estimate of drug-likeness (QED) is 0.528. The highest BCUT2D eigenvalue weighted by Gasteiger charge is 2.13. The third-order valence-corrected chi connectivity index (χ3v) is 4.55. The van der Waals surface area contributed by atoms with E-state index >= 15 is 0 Å². The minimum atomic E-state index is -0.455. The normalized spacial score (nSPS) is 10.8. The van der Waals surface area contributed by atoms with Crippen LogP contribution in [0.4, 0.5) is 17.2 Å². The standard InChI is InChI=1S/C20H17ClN6O2/c1-13-6-8-14(9-7-13)22-17-10-11-26-19(24-17)25-27(20(26)29)12-18(28)23-16-5-3-2-4-15(16)21/h2-11H,12H2,1H3,(H,23,28)(H,22,24,25). The van der Waals surface area contributed by atoms with Gasteiger partial charge in [0, 0.05) is 11.9 Å². The zero-order valence-electron chi connectivity index (χ0n) is 15.5. The van der Waals surface area contributed by atoms with E-state index in [9.17, 15) is 9.59 Å². The Kier molecular flexibility index (Phi) is 5.01. The lowest BCUT2D eigenvalue weighted by atomic mass is 10.2. The summed E-state index contributed by atoms with van der Waals surface area (Å²) in [5.74, 6) is 0.318. The number of amides is 1. The van der Waals surface area contributed by atoms with Crippen LogP contribution >= 0.6 is 11.6 Å². The first-order chi connectivity index (χ1) is 14.0. The van der Waals surface area contributed by atoms with E-state index < -0.39 is 11.6 Å². The SMILES string of the molecule is Cc1ccc(Nc2ccn3c(=O)n(CC(=O)Nc4ccccc4Cl)nc3n2)cc1. The lowest BCUT2D eigenvalue weighted by Gasteiger charge is -2.06. The third-order valence-electron chi connectivity index (χ3n) is 4.22. The number of carbonyl (C=O) groups excluding carboxylic acids is 1. The molecule has 0 aliphatic heterocycles. The molecule has 0 saturated heterocycles. The van der Waals surface area contributed by atoms with E-state index in [1.807, 2.05) is 31.2 Å². The summed E-state index contributed by atoms with van der Waals surface area (Å²) in [5, 5.41) is 10.4. The Bertz CT molecular complexity index is 1250. The van der Waals surface area contributed by atoms with Crippen molar-refractivity contribution in [2.75, 3.05) is 10.6 Å². The molecular formula is C20H17ClN6O2. The third kappa shape index (κ3) is 4.12. The molecule has 0 unspecified atom stereocenters. The Hall–Kier alpha value is -3.65. The largest absolute Gasteiger partial charge is 0.352 e. The van der Waals surface area contributed by atoms with Crippen molar-refractivity contribution in [2.45, 2.75) is 13.5 Å². The molecule has 2 heterocycles. The smallest absolute Gasteiger partial charge is 0.340 e. The Morgan fingerprint density at radius 3 is 2.62 bits per heavy atom. The number of nitrogens with one attached hydrogen (secondary N) is 2. The predicted molar refractivity (Wildman–Crippen MR) is 112 cm³/mol. The van der Waals surface area contributed by atoms with Crippen LogP contribution in [0.25, 0.3) is 5.78 Å². The minimum Gasteiger partial charge on any atom is -0.340 e. The van der Waals surface area contributed by atoms with Crippen molar-refractivity contribution in [3.63, 3.8) is 0 Å². The Morgan fingerprint density at radius 1 is 1.10 bits per heavy atom. The number of hydrogen-bond donors (Lipinski definition) is 2. The molecular weight excluding hydrogens is 392 g/mol. The van der Waals surface area contributed by atoms with Gasteiger partial charge in [0.1, 0.15) is 12.4 Å². The molecule has 29 heavy (non-hydrogen) atoms. The average Bonchev–Trinajstić information content (AvgIpc) is 3.00. The first-order valence-electron chi connectivity index (χ1n) is 8.84. The molecule has 0 atom stereocenters. The molecule has 2 N–H and O–H groups in total. The number of aryl methyl sites for hydroxylation is 1. The predicted octanol–water partition coefficient (Wildman–Crippen LogP) is 3.24. The Morgan fingerprint density at radius 2 is 1.86 bits per heavy atom. The lowest BCUT2D eigenvalue weighted by Crippen LogP contribution is -2.28. The van der Waals surface area contributed by atoms with E-state index in [2.05, 4.69) is 20.7 Å². The second kappa shape index (κ2) is 7.76. The number of anilines is 3. The van der Waals surface area contributed by atoms with E-state index in [1.54, 1.807) is 36.5 Å². The molecule has 0 bridgehead atoms. The van der Waals surface area contributed by atoms with Gasteiger partial charge in [0.05, 0.1) is 10.7 Å². The minimum absolute atomic E-state index is 0.192. The molecule has 9 heteroatoms. The van der Waals surface area contributed by atoms with Crippen LogP contribution in [0.15, 0.2) is 65.6 Å². The number of benzene rings is 2. The van der Waals surface area contributed by atoms with Crippen molar-refractivity contribution in [3.05, 3.63) is 81.9 Å². The second-order valence-electron chi connectivity index (χ2n) is 6.44. The molecule has 4 aromatic rings. The molecule has 0 saturated carbocycles. The summed E-state index contributed by atoms with van der Waals surface area (Å²) < 4.78 is 2.34. The molecule has 0 radical (unpaired) electrons. The highest BCUT2D eigenvalue weighted by molar-refractivity contribution is 6.33. The van der Waals surface area contributed by atoms with Gasteiger partial charge in [-0.25, -0.2) is 13.9 Å². The number of rotatable bonds is 5. The number of hydrogen-bond acceptors (Lipinski definition) is 5. The highest BCUT2D eigenvalue weighted by atomic mass is 35.5. The molecule has 2 aromatic heterocycles.